The van der Waals surface area contributed by atoms with Crippen LogP contribution in [0.3, 0.4) is 0 Å². The SMILES string of the molecule is Cc1ccc(OCCOc2cc(C(=O)O)ccc2Br)cc1. The minimum absolute atomic E-state index is 0.188. The molecule has 2 rings (SSSR count). The van der Waals surface area contributed by atoms with Gasteiger partial charge in [-0.2, -0.15) is 0 Å². The molecule has 0 amide bonds. The fourth-order valence-corrected chi connectivity index (χ4v) is 2.05. The van der Waals surface area contributed by atoms with Gasteiger partial charge in [-0.25, -0.2) is 4.79 Å². The lowest BCUT2D eigenvalue weighted by Crippen LogP contribution is -2.09. The van der Waals surface area contributed by atoms with Crippen molar-refractivity contribution >= 4 is 21.9 Å². The van der Waals surface area contributed by atoms with Crippen LogP contribution in [0.25, 0.3) is 0 Å². The Kier molecular flexibility index (Phi) is 5.22. The Morgan fingerprint density at radius 2 is 1.76 bits per heavy atom. The molecule has 0 radical (unpaired) electrons. The first kappa shape index (κ1) is 15.4. The molecule has 2 aromatic rings. The first-order valence-corrected chi connectivity index (χ1v) is 7.20. The second kappa shape index (κ2) is 7.13. The van der Waals surface area contributed by atoms with Crippen LogP contribution in [0.1, 0.15) is 15.9 Å². The Balaban J connectivity index is 1.87. The summed E-state index contributed by atoms with van der Waals surface area (Å²) in [4.78, 5) is 10.9. The highest BCUT2D eigenvalue weighted by atomic mass is 79.9. The number of halogens is 1. The predicted octanol–water partition coefficient (Wildman–Crippen LogP) is 3.91. The van der Waals surface area contributed by atoms with Crippen LogP contribution >= 0.6 is 15.9 Å². The summed E-state index contributed by atoms with van der Waals surface area (Å²) in [6, 6.07) is 12.4. The zero-order chi connectivity index (χ0) is 15.2. The number of aromatic carboxylic acids is 1. The predicted molar refractivity (Wildman–Crippen MR) is 83.3 cm³/mol. The summed E-state index contributed by atoms with van der Waals surface area (Å²) < 4.78 is 11.8. The second-order valence-electron chi connectivity index (χ2n) is 4.46. The summed E-state index contributed by atoms with van der Waals surface area (Å²) in [5, 5.41) is 8.95. The lowest BCUT2D eigenvalue weighted by molar-refractivity contribution is 0.0696. The molecule has 2 aromatic carbocycles. The summed E-state index contributed by atoms with van der Waals surface area (Å²) in [7, 11) is 0. The van der Waals surface area contributed by atoms with E-state index < -0.39 is 5.97 Å². The number of hydrogen-bond acceptors (Lipinski definition) is 3. The number of ether oxygens (including phenoxy) is 2. The minimum atomic E-state index is -0.983. The summed E-state index contributed by atoms with van der Waals surface area (Å²) in [6.07, 6.45) is 0. The molecule has 0 aliphatic carbocycles. The fourth-order valence-electron chi connectivity index (χ4n) is 1.69. The zero-order valence-electron chi connectivity index (χ0n) is 11.5. The normalized spacial score (nSPS) is 10.2. The molecular weight excluding hydrogens is 336 g/mol. The first-order chi connectivity index (χ1) is 10.1. The molecule has 1 N–H and O–H groups in total. The van der Waals surface area contributed by atoms with E-state index in [9.17, 15) is 4.79 Å². The Bertz CT molecular complexity index is 623. The number of hydrogen-bond donors (Lipinski definition) is 1. The van der Waals surface area contributed by atoms with Crippen molar-refractivity contribution in [1.29, 1.82) is 0 Å². The molecule has 0 unspecified atom stereocenters. The van der Waals surface area contributed by atoms with E-state index in [1.807, 2.05) is 31.2 Å². The molecule has 0 heterocycles. The molecule has 0 bridgehead atoms. The van der Waals surface area contributed by atoms with Gasteiger partial charge in [0.1, 0.15) is 24.7 Å². The van der Waals surface area contributed by atoms with Gasteiger partial charge in [-0.3, -0.25) is 0 Å². The number of carboxylic acid groups (broad SMARTS) is 1. The van der Waals surface area contributed by atoms with Crippen LogP contribution in [0, 0.1) is 6.92 Å². The highest BCUT2D eigenvalue weighted by Gasteiger charge is 2.08. The molecule has 0 aliphatic rings. The zero-order valence-corrected chi connectivity index (χ0v) is 13.1. The highest BCUT2D eigenvalue weighted by Crippen LogP contribution is 2.26. The van der Waals surface area contributed by atoms with E-state index in [1.54, 1.807) is 6.07 Å². The Morgan fingerprint density at radius 3 is 2.43 bits per heavy atom. The van der Waals surface area contributed by atoms with E-state index in [4.69, 9.17) is 14.6 Å². The minimum Gasteiger partial charge on any atom is -0.490 e. The molecule has 0 spiro atoms. The lowest BCUT2D eigenvalue weighted by atomic mass is 10.2. The van der Waals surface area contributed by atoms with Gasteiger partial charge in [0, 0.05) is 0 Å². The third-order valence-electron chi connectivity index (χ3n) is 2.81. The van der Waals surface area contributed by atoms with Crippen molar-refractivity contribution in [1.82, 2.24) is 0 Å². The average molecular weight is 351 g/mol. The molecule has 0 aliphatic heterocycles. The summed E-state index contributed by atoms with van der Waals surface area (Å²) in [6.45, 7) is 2.72. The van der Waals surface area contributed by atoms with Crippen LogP contribution in [0.4, 0.5) is 0 Å². The van der Waals surface area contributed by atoms with Gasteiger partial charge in [-0.05, 0) is 53.2 Å². The quantitative estimate of drug-likeness (QED) is 0.802. The van der Waals surface area contributed by atoms with Crippen molar-refractivity contribution in [3.63, 3.8) is 0 Å². The Morgan fingerprint density at radius 1 is 1.10 bits per heavy atom. The molecule has 21 heavy (non-hydrogen) atoms. The molecule has 0 fully saturated rings. The third-order valence-corrected chi connectivity index (χ3v) is 3.46. The number of rotatable bonds is 6. The number of carboxylic acids is 1. The monoisotopic (exact) mass is 350 g/mol. The smallest absolute Gasteiger partial charge is 0.335 e. The van der Waals surface area contributed by atoms with Crippen LogP contribution < -0.4 is 9.47 Å². The molecule has 0 saturated carbocycles. The number of benzene rings is 2. The third kappa shape index (κ3) is 4.49. The topological polar surface area (TPSA) is 55.8 Å². The van der Waals surface area contributed by atoms with E-state index in [0.717, 1.165) is 5.75 Å². The van der Waals surface area contributed by atoms with Crippen molar-refractivity contribution in [3.8, 4) is 11.5 Å². The van der Waals surface area contributed by atoms with Crippen molar-refractivity contribution in [2.24, 2.45) is 0 Å². The second-order valence-corrected chi connectivity index (χ2v) is 5.31. The number of carbonyl (C=O) groups is 1. The maximum atomic E-state index is 10.9. The lowest BCUT2D eigenvalue weighted by Gasteiger charge is -2.10. The van der Waals surface area contributed by atoms with E-state index in [-0.39, 0.29) is 5.56 Å². The van der Waals surface area contributed by atoms with Gasteiger partial charge in [0.05, 0.1) is 10.0 Å². The molecular formula is C16H15BrO4. The van der Waals surface area contributed by atoms with Gasteiger partial charge in [0.15, 0.2) is 0 Å². The number of aryl methyl sites for hydroxylation is 1. The van der Waals surface area contributed by atoms with Crippen LogP contribution in [0.2, 0.25) is 0 Å². The fraction of sp³-hybridized carbons (Fsp3) is 0.188. The van der Waals surface area contributed by atoms with Crippen LogP contribution in [-0.2, 0) is 0 Å². The van der Waals surface area contributed by atoms with Gasteiger partial charge < -0.3 is 14.6 Å². The maximum absolute atomic E-state index is 10.9. The molecule has 0 atom stereocenters. The summed E-state index contributed by atoms with van der Waals surface area (Å²) >= 11 is 3.33. The van der Waals surface area contributed by atoms with Gasteiger partial charge >= 0.3 is 5.97 Å². The van der Waals surface area contributed by atoms with Crippen molar-refractivity contribution in [2.75, 3.05) is 13.2 Å². The molecule has 110 valence electrons. The van der Waals surface area contributed by atoms with E-state index in [2.05, 4.69) is 15.9 Å². The van der Waals surface area contributed by atoms with Crippen LogP contribution in [0.15, 0.2) is 46.9 Å². The molecule has 4 nitrogen and oxygen atoms in total. The largest absolute Gasteiger partial charge is 0.490 e. The maximum Gasteiger partial charge on any atom is 0.335 e. The Hall–Kier alpha value is -2.01. The van der Waals surface area contributed by atoms with E-state index in [0.29, 0.717) is 23.4 Å². The van der Waals surface area contributed by atoms with E-state index in [1.165, 1.54) is 17.7 Å². The molecule has 0 saturated heterocycles. The first-order valence-electron chi connectivity index (χ1n) is 6.41. The Labute approximate surface area is 131 Å². The van der Waals surface area contributed by atoms with Gasteiger partial charge in [0.25, 0.3) is 0 Å². The standard InChI is InChI=1S/C16H15BrO4/c1-11-2-5-13(6-3-11)20-8-9-21-15-10-12(16(18)19)4-7-14(15)17/h2-7,10H,8-9H2,1H3,(H,18,19). The van der Waals surface area contributed by atoms with Gasteiger partial charge in [-0.15, -0.1) is 0 Å². The van der Waals surface area contributed by atoms with E-state index >= 15 is 0 Å². The molecule has 5 heteroatoms. The van der Waals surface area contributed by atoms with Crippen LogP contribution in [0.5, 0.6) is 11.5 Å². The van der Waals surface area contributed by atoms with Gasteiger partial charge in [0.2, 0.25) is 0 Å². The summed E-state index contributed by atoms with van der Waals surface area (Å²) in [5.41, 5.74) is 1.36. The van der Waals surface area contributed by atoms with Crippen molar-refractivity contribution in [3.05, 3.63) is 58.1 Å². The van der Waals surface area contributed by atoms with Gasteiger partial charge in [-0.1, -0.05) is 17.7 Å². The highest BCUT2D eigenvalue weighted by molar-refractivity contribution is 9.10. The molecule has 0 aromatic heterocycles. The average Bonchev–Trinajstić information content (AvgIpc) is 2.47. The van der Waals surface area contributed by atoms with Crippen molar-refractivity contribution in [2.45, 2.75) is 6.92 Å². The summed E-state index contributed by atoms with van der Waals surface area (Å²) in [5.74, 6) is 0.285. The van der Waals surface area contributed by atoms with Crippen LogP contribution in [-0.4, -0.2) is 24.3 Å². The van der Waals surface area contributed by atoms with Crippen molar-refractivity contribution < 1.29 is 19.4 Å².